The maximum absolute atomic E-state index is 13.2. The molecule has 1 N–H and O–H groups in total. The third-order valence-electron chi connectivity index (χ3n) is 5.98. The molecule has 1 aliphatic rings. The van der Waals surface area contributed by atoms with Crippen LogP contribution < -0.4 is 4.74 Å². The van der Waals surface area contributed by atoms with E-state index in [2.05, 4.69) is 8.75 Å². The van der Waals surface area contributed by atoms with Crippen LogP contribution in [0.4, 0.5) is 0 Å². The Bertz CT molecular complexity index is 1410. The lowest BCUT2D eigenvalue weighted by Crippen LogP contribution is -2.29. The number of aryl methyl sites for hydroxylation is 2. The van der Waals surface area contributed by atoms with Crippen LogP contribution in [0.25, 0.3) is 16.6 Å². The molecule has 0 saturated heterocycles. The number of rotatable bonds is 5. The predicted molar refractivity (Wildman–Crippen MR) is 127 cm³/mol. The number of carbonyl (C=O) groups excluding carboxylic acids is 1. The van der Waals surface area contributed by atoms with Crippen LogP contribution in [-0.4, -0.2) is 26.9 Å². The molecular formula is C26H22N2O4S. The second-order valence-electron chi connectivity index (χ2n) is 8.20. The van der Waals surface area contributed by atoms with E-state index in [0.29, 0.717) is 34.2 Å². The molecule has 0 fully saturated rings. The van der Waals surface area contributed by atoms with E-state index in [-0.39, 0.29) is 0 Å². The highest BCUT2D eigenvalue weighted by atomic mass is 32.1. The number of cyclic esters (lactones) is 1. The Morgan fingerprint density at radius 1 is 1.00 bits per heavy atom. The molecular weight excluding hydrogens is 436 g/mol. The van der Waals surface area contributed by atoms with E-state index in [0.717, 1.165) is 39.7 Å². The van der Waals surface area contributed by atoms with Crippen LogP contribution in [0.2, 0.25) is 0 Å². The van der Waals surface area contributed by atoms with Crippen molar-refractivity contribution in [1.82, 2.24) is 8.75 Å². The Balaban J connectivity index is 1.69. The lowest BCUT2D eigenvalue weighted by Gasteiger charge is -2.26. The largest absolute Gasteiger partial charge is 0.496 e. The van der Waals surface area contributed by atoms with Gasteiger partial charge in [-0.2, -0.15) is 8.75 Å². The zero-order valence-electron chi connectivity index (χ0n) is 18.5. The van der Waals surface area contributed by atoms with Gasteiger partial charge in [0, 0.05) is 17.6 Å². The minimum atomic E-state index is -1.87. The quantitative estimate of drug-likeness (QED) is 0.436. The normalized spacial score (nSPS) is 18.1. The Labute approximate surface area is 195 Å². The van der Waals surface area contributed by atoms with E-state index in [1.165, 1.54) is 0 Å². The van der Waals surface area contributed by atoms with Gasteiger partial charge in [-0.25, -0.2) is 4.79 Å². The number of aliphatic hydroxyl groups is 1. The second kappa shape index (κ2) is 8.10. The number of hydrogen-bond donors (Lipinski definition) is 1. The molecule has 0 saturated carbocycles. The summed E-state index contributed by atoms with van der Waals surface area (Å²) in [6, 6.07) is 18.6. The van der Waals surface area contributed by atoms with Crippen LogP contribution in [0.15, 0.2) is 66.2 Å². The van der Waals surface area contributed by atoms with Gasteiger partial charge in [-0.3, -0.25) is 0 Å². The molecule has 6 nitrogen and oxygen atoms in total. The minimum Gasteiger partial charge on any atom is -0.496 e. The molecule has 33 heavy (non-hydrogen) atoms. The van der Waals surface area contributed by atoms with Crippen molar-refractivity contribution < 1.29 is 19.4 Å². The van der Waals surface area contributed by atoms with Gasteiger partial charge in [0.15, 0.2) is 0 Å². The van der Waals surface area contributed by atoms with E-state index in [1.807, 2.05) is 62.4 Å². The molecule has 2 heterocycles. The van der Waals surface area contributed by atoms with Crippen molar-refractivity contribution in [1.29, 1.82) is 0 Å². The van der Waals surface area contributed by atoms with E-state index in [1.54, 1.807) is 19.2 Å². The van der Waals surface area contributed by atoms with Crippen molar-refractivity contribution in [3.63, 3.8) is 0 Å². The summed E-state index contributed by atoms with van der Waals surface area (Å²) in [5, 5.41) is 11.8. The van der Waals surface area contributed by atoms with Crippen LogP contribution in [0.5, 0.6) is 5.75 Å². The Morgan fingerprint density at radius 2 is 1.76 bits per heavy atom. The van der Waals surface area contributed by atoms with Gasteiger partial charge in [0.25, 0.3) is 5.79 Å². The summed E-state index contributed by atoms with van der Waals surface area (Å²) in [4.78, 5) is 13.2. The predicted octanol–water partition coefficient (Wildman–Crippen LogP) is 4.72. The van der Waals surface area contributed by atoms with Crippen molar-refractivity contribution in [2.75, 3.05) is 7.11 Å². The highest BCUT2D eigenvalue weighted by molar-refractivity contribution is 7.00. The number of carbonyl (C=O) groups is 1. The van der Waals surface area contributed by atoms with Gasteiger partial charge in [0.2, 0.25) is 0 Å². The first-order chi connectivity index (χ1) is 15.9. The lowest BCUT2D eigenvalue weighted by atomic mass is 9.87. The zero-order valence-corrected chi connectivity index (χ0v) is 19.3. The first-order valence-corrected chi connectivity index (χ1v) is 11.2. The smallest absolute Gasteiger partial charge is 0.342 e. The molecule has 1 atom stereocenters. The zero-order chi connectivity index (χ0) is 23.2. The number of ether oxygens (including phenoxy) is 2. The number of benzene rings is 3. The summed E-state index contributed by atoms with van der Waals surface area (Å²) < 4.78 is 19.6. The highest BCUT2D eigenvalue weighted by Crippen LogP contribution is 2.45. The van der Waals surface area contributed by atoms with Crippen LogP contribution in [-0.2, 0) is 21.7 Å². The van der Waals surface area contributed by atoms with E-state index in [9.17, 15) is 9.90 Å². The molecule has 0 spiro atoms. The molecule has 1 unspecified atom stereocenters. The maximum atomic E-state index is 13.2. The fourth-order valence-electron chi connectivity index (χ4n) is 4.24. The molecule has 7 heteroatoms. The molecule has 5 rings (SSSR count). The van der Waals surface area contributed by atoms with Crippen LogP contribution in [0.1, 0.15) is 27.8 Å². The number of hydrogen-bond acceptors (Lipinski definition) is 7. The fourth-order valence-corrected chi connectivity index (χ4v) is 4.76. The molecule has 4 aromatic rings. The first-order valence-electron chi connectivity index (χ1n) is 10.5. The SMILES string of the molecule is COc1ccc(CC2=C(c3ccc4nsnc4c3)C(=O)OC2(O)c2ccc(C)cc2)cc1C. The summed E-state index contributed by atoms with van der Waals surface area (Å²) in [7, 11) is 1.63. The van der Waals surface area contributed by atoms with Crippen LogP contribution >= 0.6 is 11.7 Å². The topological polar surface area (TPSA) is 81.5 Å². The third-order valence-corrected chi connectivity index (χ3v) is 6.54. The first kappa shape index (κ1) is 21.3. The lowest BCUT2D eigenvalue weighted by molar-refractivity contribution is -0.185. The Morgan fingerprint density at radius 3 is 2.48 bits per heavy atom. The maximum Gasteiger partial charge on any atom is 0.342 e. The molecule has 0 aliphatic carbocycles. The number of fused-ring (bicyclic) bond motifs is 1. The number of methoxy groups -OCH3 is 1. The van der Waals surface area contributed by atoms with E-state index in [4.69, 9.17) is 9.47 Å². The number of aromatic nitrogens is 2. The van der Waals surface area contributed by atoms with Gasteiger partial charge in [0.05, 0.1) is 24.4 Å². The molecule has 1 aliphatic heterocycles. The summed E-state index contributed by atoms with van der Waals surface area (Å²) in [6.07, 6.45) is 0.323. The standard InChI is InChI=1S/C26H22N2O4S/c1-15-4-8-19(9-5-15)26(30)20(13-17-6-11-23(31-3)16(2)12-17)24(25(29)32-26)18-7-10-21-22(14-18)28-33-27-21/h4-12,14,30H,13H2,1-3H3. The van der Waals surface area contributed by atoms with Gasteiger partial charge in [-0.05, 0) is 48.7 Å². The van der Waals surface area contributed by atoms with Gasteiger partial charge >= 0.3 is 5.97 Å². The summed E-state index contributed by atoms with van der Waals surface area (Å²) in [6.45, 7) is 3.93. The summed E-state index contributed by atoms with van der Waals surface area (Å²) in [5.74, 6) is -1.66. The van der Waals surface area contributed by atoms with Gasteiger partial charge in [-0.1, -0.05) is 48.0 Å². The molecule has 0 amide bonds. The third kappa shape index (κ3) is 3.69. The molecule has 3 aromatic carbocycles. The summed E-state index contributed by atoms with van der Waals surface area (Å²) in [5.41, 5.74) is 6.39. The molecule has 166 valence electrons. The van der Waals surface area contributed by atoms with Crippen molar-refractivity contribution in [3.8, 4) is 5.75 Å². The molecule has 0 bridgehead atoms. The van der Waals surface area contributed by atoms with Crippen molar-refractivity contribution in [2.24, 2.45) is 0 Å². The van der Waals surface area contributed by atoms with Crippen molar-refractivity contribution in [2.45, 2.75) is 26.1 Å². The van der Waals surface area contributed by atoms with Crippen molar-refractivity contribution >= 4 is 34.3 Å². The van der Waals surface area contributed by atoms with E-state index >= 15 is 0 Å². The van der Waals surface area contributed by atoms with Gasteiger partial charge in [-0.15, -0.1) is 0 Å². The van der Waals surface area contributed by atoms with Crippen molar-refractivity contribution in [3.05, 3.63) is 94.1 Å². The number of nitrogens with zero attached hydrogens (tertiary/aromatic N) is 2. The van der Waals surface area contributed by atoms with Crippen LogP contribution in [0, 0.1) is 13.8 Å². The van der Waals surface area contributed by atoms with Gasteiger partial charge < -0.3 is 14.6 Å². The molecule has 1 aromatic heterocycles. The average molecular weight is 459 g/mol. The molecule has 0 radical (unpaired) electrons. The number of esters is 1. The summed E-state index contributed by atoms with van der Waals surface area (Å²) >= 11 is 1.12. The minimum absolute atomic E-state index is 0.323. The Kier molecular flexibility index (Phi) is 5.23. The Hall–Kier alpha value is -3.55. The second-order valence-corrected chi connectivity index (χ2v) is 8.73. The fraction of sp³-hybridized carbons (Fsp3) is 0.192. The average Bonchev–Trinajstić information content (AvgIpc) is 3.36. The van der Waals surface area contributed by atoms with Gasteiger partial charge in [0.1, 0.15) is 16.8 Å². The van der Waals surface area contributed by atoms with Crippen LogP contribution in [0.3, 0.4) is 0 Å². The monoisotopic (exact) mass is 458 g/mol. The highest BCUT2D eigenvalue weighted by Gasteiger charge is 2.48. The van der Waals surface area contributed by atoms with E-state index < -0.39 is 11.8 Å².